The van der Waals surface area contributed by atoms with Crippen LogP contribution in [-0.4, -0.2) is 76.7 Å². The van der Waals surface area contributed by atoms with Crippen molar-refractivity contribution in [3.8, 4) is 11.4 Å². The molecule has 6 heterocycles. The van der Waals surface area contributed by atoms with E-state index < -0.39 is 15.7 Å². The smallest absolute Gasteiger partial charge is 0.253 e. The van der Waals surface area contributed by atoms with Gasteiger partial charge in [-0.3, -0.25) is 14.8 Å². The fourth-order valence-corrected chi connectivity index (χ4v) is 5.55. The Bertz CT molecular complexity index is 1900. The minimum atomic E-state index is -3.48. The second-order valence-electron chi connectivity index (χ2n) is 10.4. The number of nitrogens with one attached hydrogen (secondary N) is 1. The van der Waals surface area contributed by atoms with Crippen molar-refractivity contribution >= 4 is 38.4 Å². The van der Waals surface area contributed by atoms with E-state index in [1.54, 1.807) is 18.6 Å². The van der Waals surface area contributed by atoms with E-state index in [9.17, 15) is 13.2 Å². The monoisotopic (exact) mass is 595 g/mol. The molecule has 5 aromatic heterocycles. The van der Waals surface area contributed by atoms with Gasteiger partial charge < -0.3 is 15.1 Å². The van der Waals surface area contributed by atoms with Gasteiger partial charge in [0.1, 0.15) is 5.82 Å². The van der Waals surface area contributed by atoms with E-state index in [2.05, 4.69) is 35.1 Å². The molecule has 5 aromatic rings. The lowest BCUT2D eigenvalue weighted by molar-refractivity contribution is 0.0950. The van der Waals surface area contributed by atoms with Crippen LogP contribution >= 0.6 is 0 Å². The Morgan fingerprint density at radius 1 is 1.00 bits per heavy atom. The molecule has 0 aliphatic carbocycles. The summed E-state index contributed by atoms with van der Waals surface area (Å²) in [5.41, 5.74) is 2.96. The van der Waals surface area contributed by atoms with Gasteiger partial charge in [0.05, 0.1) is 45.6 Å². The Kier molecular flexibility index (Phi) is 7.63. The molecular formula is C30H29N9O3S. The number of rotatable bonds is 8. The van der Waals surface area contributed by atoms with Crippen molar-refractivity contribution in [1.29, 1.82) is 0 Å². The normalized spacial score (nSPS) is 15.0. The van der Waals surface area contributed by atoms with Crippen LogP contribution in [0.25, 0.3) is 22.3 Å². The molecule has 1 aliphatic rings. The highest BCUT2D eigenvalue weighted by atomic mass is 32.2. The minimum absolute atomic E-state index is 0.0166. The number of carbonyl (C=O) groups excluding carboxylic acids is 1. The molecule has 1 amide bonds. The highest BCUT2D eigenvalue weighted by Crippen LogP contribution is 2.26. The van der Waals surface area contributed by atoms with E-state index >= 15 is 0 Å². The summed E-state index contributed by atoms with van der Waals surface area (Å²) >= 11 is 0. The van der Waals surface area contributed by atoms with Gasteiger partial charge in [0.15, 0.2) is 9.84 Å². The van der Waals surface area contributed by atoms with Crippen molar-refractivity contribution in [2.75, 3.05) is 36.2 Å². The number of sulfone groups is 1. The third-order valence-electron chi connectivity index (χ3n) is 7.36. The lowest BCUT2D eigenvalue weighted by Crippen LogP contribution is -2.35. The molecule has 1 aliphatic heterocycles. The quantitative estimate of drug-likeness (QED) is 0.282. The van der Waals surface area contributed by atoms with Gasteiger partial charge in [-0.15, -0.1) is 0 Å². The first-order valence-corrected chi connectivity index (χ1v) is 15.5. The Morgan fingerprint density at radius 2 is 1.81 bits per heavy atom. The molecule has 6 rings (SSSR count). The summed E-state index contributed by atoms with van der Waals surface area (Å²) in [5, 5.41) is 3.63. The molecule has 1 N–H and O–H groups in total. The van der Waals surface area contributed by atoms with Gasteiger partial charge in [0, 0.05) is 62.8 Å². The van der Waals surface area contributed by atoms with Crippen molar-refractivity contribution in [2.24, 2.45) is 0 Å². The zero-order chi connectivity index (χ0) is 30.0. The highest BCUT2D eigenvalue weighted by Gasteiger charge is 2.28. The van der Waals surface area contributed by atoms with Gasteiger partial charge in [-0.25, -0.2) is 28.4 Å². The van der Waals surface area contributed by atoms with Crippen LogP contribution in [0.5, 0.6) is 0 Å². The number of anilines is 2. The Morgan fingerprint density at radius 3 is 2.63 bits per heavy atom. The number of hydrogen-bond donors (Lipinski definition) is 1. The fourth-order valence-electron chi connectivity index (χ4n) is 4.96. The van der Waals surface area contributed by atoms with E-state index in [-0.39, 0.29) is 23.0 Å². The van der Waals surface area contributed by atoms with E-state index in [4.69, 9.17) is 9.97 Å². The molecule has 0 unspecified atom stereocenters. The zero-order valence-electron chi connectivity index (χ0n) is 23.6. The number of nitrogens with zero attached hydrogens (tertiary/aromatic N) is 8. The SMILES string of the molecule is CN(c1ncccn1)[C@@H]1CCN(c2cccc(-c3ccc4cnc(CNC(=O)c5cncc(S(C)(=O)=O)c5)cc4n3)n2)C1. The maximum Gasteiger partial charge on any atom is 0.253 e. The molecular weight excluding hydrogens is 566 g/mol. The summed E-state index contributed by atoms with van der Waals surface area (Å²) < 4.78 is 23.6. The Hall–Kier alpha value is -5.04. The van der Waals surface area contributed by atoms with Crippen LogP contribution in [0.4, 0.5) is 11.8 Å². The lowest BCUT2D eigenvalue weighted by Gasteiger charge is -2.25. The van der Waals surface area contributed by atoms with E-state index in [1.165, 1.54) is 18.5 Å². The predicted molar refractivity (Wildman–Crippen MR) is 162 cm³/mol. The van der Waals surface area contributed by atoms with Gasteiger partial charge >= 0.3 is 0 Å². The van der Waals surface area contributed by atoms with Crippen molar-refractivity contribution in [3.63, 3.8) is 0 Å². The number of aromatic nitrogens is 6. The fraction of sp³-hybridized carbons (Fsp3) is 0.233. The number of likely N-dealkylation sites (N-methyl/N-ethyl adjacent to an activating group) is 1. The molecule has 12 nitrogen and oxygen atoms in total. The topological polar surface area (TPSA) is 147 Å². The third-order valence-corrected chi connectivity index (χ3v) is 8.44. The van der Waals surface area contributed by atoms with Crippen LogP contribution in [0.2, 0.25) is 0 Å². The van der Waals surface area contributed by atoms with Crippen LogP contribution < -0.4 is 15.1 Å². The summed E-state index contributed by atoms with van der Waals surface area (Å²) in [6.45, 7) is 1.82. The summed E-state index contributed by atoms with van der Waals surface area (Å²) in [7, 11) is -1.46. The first kappa shape index (κ1) is 28.1. The number of fused-ring (bicyclic) bond motifs is 1. The van der Waals surface area contributed by atoms with E-state index in [0.29, 0.717) is 11.6 Å². The molecule has 218 valence electrons. The van der Waals surface area contributed by atoms with Gasteiger partial charge in [-0.2, -0.15) is 0 Å². The summed E-state index contributed by atoms with van der Waals surface area (Å²) in [6, 6.07) is 15.0. The number of carbonyl (C=O) groups is 1. The largest absolute Gasteiger partial charge is 0.354 e. The van der Waals surface area contributed by atoms with Crippen LogP contribution in [0, 0.1) is 0 Å². The average molecular weight is 596 g/mol. The van der Waals surface area contributed by atoms with Crippen molar-refractivity contribution in [3.05, 3.63) is 90.8 Å². The van der Waals surface area contributed by atoms with Crippen molar-refractivity contribution < 1.29 is 13.2 Å². The number of amides is 1. The Balaban J connectivity index is 1.16. The molecule has 0 spiro atoms. The van der Waals surface area contributed by atoms with E-state index in [0.717, 1.165) is 53.9 Å². The molecule has 13 heteroatoms. The van der Waals surface area contributed by atoms with Gasteiger partial charge in [-0.05, 0) is 48.9 Å². The second kappa shape index (κ2) is 11.7. The first-order valence-electron chi connectivity index (χ1n) is 13.7. The molecule has 1 saturated heterocycles. The molecule has 1 fully saturated rings. The second-order valence-corrected chi connectivity index (χ2v) is 12.4. The van der Waals surface area contributed by atoms with E-state index in [1.807, 2.05) is 49.5 Å². The maximum absolute atomic E-state index is 12.7. The van der Waals surface area contributed by atoms with Crippen molar-refractivity contribution in [1.82, 2.24) is 35.2 Å². The average Bonchev–Trinajstić information content (AvgIpc) is 3.53. The molecule has 0 bridgehead atoms. The number of hydrogen-bond acceptors (Lipinski definition) is 11. The van der Waals surface area contributed by atoms with Crippen molar-refractivity contribution in [2.45, 2.75) is 23.9 Å². The van der Waals surface area contributed by atoms with Crippen LogP contribution in [0.3, 0.4) is 0 Å². The zero-order valence-corrected chi connectivity index (χ0v) is 24.4. The van der Waals surface area contributed by atoms with Gasteiger partial charge in [-0.1, -0.05) is 6.07 Å². The van der Waals surface area contributed by atoms with Crippen LogP contribution in [-0.2, 0) is 16.4 Å². The van der Waals surface area contributed by atoms with Crippen LogP contribution in [0.1, 0.15) is 22.5 Å². The summed E-state index contributed by atoms with van der Waals surface area (Å²) in [4.78, 5) is 43.9. The predicted octanol–water partition coefficient (Wildman–Crippen LogP) is 2.93. The number of pyridine rings is 4. The molecule has 43 heavy (non-hydrogen) atoms. The third kappa shape index (κ3) is 6.26. The molecule has 0 aromatic carbocycles. The van der Waals surface area contributed by atoms with Crippen LogP contribution in [0.15, 0.2) is 84.4 Å². The molecule has 0 radical (unpaired) electrons. The maximum atomic E-state index is 12.7. The Labute approximate surface area is 248 Å². The highest BCUT2D eigenvalue weighted by molar-refractivity contribution is 7.90. The lowest BCUT2D eigenvalue weighted by atomic mass is 10.2. The minimum Gasteiger partial charge on any atom is -0.354 e. The first-order chi connectivity index (χ1) is 20.7. The van der Waals surface area contributed by atoms with Gasteiger partial charge in [0.25, 0.3) is 5.91 Å². The molecule has 0 saturated carbocycles. The standard InChI is InChI=1S/C30H29N9O3S/c1-38(30-32-10-4-11-33-30)23-9-12-39(19-23)28-6-3-5-25(37-28)26-8-7-20-16-34-22(14-27(20)36-26)17-35-29(40)21-13-24(18-31-15-21)43(2,41)42/h3-8,10-11,13-16,18,23H,9,12,17,19H2,1-2H3,(H,35,40)/t23-/m1/s1. The van der Waals surface area contributed by atoms with Gasteiger partial charge in [0.2, 0.25) is 5.95 Å². The summed E-state index contributed by atoms with van der Waals surface area (Å²) in [5.74, 6) is 1.15. The summed E-state index contributed by atoms with van der Waals surface area (Å²) in [6.07, 6.45) is 9.80. The molecule has 1 atom stereocenters.